The Hall–Kier alpha value is -2.09. The Morgan fingerprint density at radius 3 is 2.50 bits per heavy atom. The summed E-state index contributed by atoms with van der Waals surface area (Å²) in [6, 6.07) is 0. The Labute approximate surface area is 107 Å². The van der Waals surface area contributed by atoms with Crippen LogP contribution in [0.5, 0.6) is 5.88 Å². The van der Waals surface area contributed by atoms with Gasteiger partial charge in [0.1, 0.15) is 5.60 Å². The lowest BCUT2D eigenvalue weighted by molar-refractivity contribution is 0.00622. The summed E-state index contributed by atoms with van der Waals surface area (Å²) in [4.78, 5) is 19.5. The van der Waals surface area contributed by atoms with Gasteiger partial charge in [0.05, 0.1) is 12.4 Å². The SMILES string of the molecule is C#C[C@H](C)Oc1cnc(C(=O)OC(C)(C)C)cn1. The number of ether oxygens (including phenoxy) is 2. The normalized spacial score (nSPS) is 12.4. The van der Waals surface area contributed by atoms with Crippen molar-refractivity contribution in [1.29, 1.82) is 0 Å². The highest BCUT2D eigenvalue weighted by atomic mass is 16.6. The van der Waals surface area contributed by atoms with Crippen LogP contribution in [0.25, 0.3) is 0 Å². The molecular formula is C13H16N2O3. The number of hydrogen-bond donors (Lipinski definition) is 0. The highest BCUT2D eigenvalue weighted by Gasteiger charge is 2.19. The van der Waals surface area contributed by atoms with E-state index < -0.39 is 17.7 Å². The maximum Gasteiger partial charge on any atom is 0.359 e. The van der Waals surface area contributed by atoms with Crippen molar-refractivity contribution in [3.8, 4) is 18.2 Å². The molecule has 5 heteroatoms. The lowest BCUT2D eigenvalue weighted by atomic mass is 10.2. The van der Waals surface area contributed by atoms with E-state index >= 15 is 0 Å². The van der Waals surface area contributed by atoms with Crippen LogP contribution in [0.2, 0.25) is 0 Å². The summed E-state index contributed by atoms with van der Waals surface area (Å²) in [6.07, 6.45) is 7.41. The summed E-state index contributed by atoms with van der Waals surface area (Å²) in [5, 5.41) is 0. The van der Waals surface area contributed by atoms with E-state index in [1.807, 2.05) is 0 Å². The van der Waals surface area contributed by atoms with E-state index in [-0.39, 0.29) is 11.6 Å². The molecule has 0 aliphatic carbocycles. The molecule has 0 radical (unpaired) electrons. The number of hydrogen-bond acceptors (Lipinski definition) is 5. The van der Waals surface area contributed by atoms with Crippen molar-refractivity contribution in [2.75, 3.05) is 0 Å². The Morgan fingerprint density at radius 2 is 2.06 bits per heavy atom. The van der Waals surface area contributed by atoms with Gasteiger partial charge in [0.2, 0.25) is 5.88 Å². The van der Waals surface area contributed by atoms with Crippen molar-refractivity contribution in [2.24, 2.45) is 0 Å². The summed E-state index contributed by atoms with van der Waals surface area (Å²) in [5.41, 5.74) is -0.433. The van der Waals surface area contributed by atoms with E-state index in [9.17, 15) is 4.79 Å². The zero-order chi connectivity index (χ0) is 13.8. The van der Waals surface area contributed by atoms with Gasteiger partial charge in [0, 0.05) is 0 Å². The van der Waals surface area contributed by atoms with Gasteiger partial charge in [-0.05, 0) is 27.7 Å². The first kappa shape index (κ1) is 14.0. The molecule has 0 amide bonds. The first-order valence-corrected chi connectivity index (χ1v) is 5.50. The molecule has 1 aromatic rings. The Kier molecular flexibility index (Phi) is 4.27. The molecule has 0 spiro atoms. The number of carbonyl (C=O) groups excluding carboxylic acids is 1. The molecular weight excluding hydrogens is 232 g/mol. The first-order valence-electron chi connectivity index (χ1n) is 5.50. The van der Waals surface area contributed by atoms with E-state index in [1.165, 1.54) is 12.4 Å². The second-order valence-corrected chi connectivity index (χ2v) is 4.67. The number of aromatic nitrogens is 2. The molecule has 5 nitrogen and oxygen atoms in total. The number of esters is 1. The molecule has 0 saturated heterocycles. The van der Waals surface area contributed by atoms with E-state index in [1.54, 1.807) is 27.7 Å². The highest BCUT2D eigenvalue weighted by molar-refractivity contribution is 5.87. The van der Waals surface area contributed by atoms with Crippen LogP contribution < -0.4 is 4.74 Å². The van der Waals surface area contributed by atoms with Crippen molar-refractivity contribution < 1.29 is 14.3 Å². The topological polar surface area (TPSA) is 61.3 Å². The third-order valence-corrected chi connectivity index (χ3v) is 1.77. The largest absolute Gasteiger partial charge is 0.460 e. The molecule has 0 unspecified atom stereocenters. The average Bonchev–Trinajstić information content (AvgIpc) is 2.27. The van der Waals surface area contributed by atoms with Crippen molar-refractivity contribution in [3.05, 3.63) is 18.1 Å². The fourth-order valence-corrected chi connectivity index (χ4v) is 1.03. The second-order valence-electron chi connectivity index (χ2n) is 4.67. The molecule has 1 rings (SSSR count). The maximum atomic E-state index is 11.7. The van der Waals surface area contributed by atoms with E-state index in [2.05, 4.69) is 15.9 Å². The zero-order valence-corrected chi connectivity index (χ0v) is 10.9. The molecule has 0 aliphatic heterocycles. The highest BCUT2D eigenvalue weighted by Crippen LogP contribution is 2.12. The predicted octanol–water partition coefficient (Wildman–Crippen LogP) is 1.83. The summed E-state index contributed by atoms with van der Waals surface area (Å²) < 4.78 is 10.4. The van der Waals surface area contributed by atoms with Crippen LogP contribution in [-0.4, -0.2) is 27.6 Å². The summed E-state index contributed by atoms with van der Waals surface area (Å²) in [7, 11) is 0. The maximum absolute atomic E-state index is 11.7. The Balaban J connectivity index is 2.71. The second kappa shape index (κ2) is 5.50. The standard InChI is InChI=1S/C13H16N2O3/c1-6-9(2)17-11-8-14-10(7-15-11)12(16)18-13(3,4)5/h1,7-9H,2-5H3/t9-/m0/s1. The number of rotatable bonds is 3. The van der Waals surface area contributed by atoms with Gasteiger partial charge in [-0.3, -0.25) is 0 Å². The molecule has 96 valence electrons. The minimum atomic E-state index is -0.564. The minimum Gasteiger partial charge on any atom is -0.460 e. The molecule has 0 aromatic carbocycles. The Morgan fingerprint density at radius 1 is 1.39 bits per heavy atom. The van der Waals surface area contributed by atoms with Crippen molar-refractivity contribution in [3.63, 3.8) is 0 Å². The van der Waals surface area contributed by atoms with E-state index in [4.69, 9.17) is 15.9 Å². The molecule has 1 heterocycles. The monoisotopic (exact) mass is 248 g/mol. The number of carbonyl (C=O) groups is 1. The fourth-order valence-electron chi connectivity index (χ4n) is 1.03. The summed E-state index contributed by atoms with van der Waals surface area (Å²) in [6.45, 7) is 7.06. The smallest absolute Gasteiger partial charge is 0.359 e. The summed E-state index contributed by atoms with van der Waals surface area (Å²) >= 11 is 0. The van der Waals surface area contributed by atoms with E-state index in [0.717, 1.165) is 0 Å². The molecule has 0 bridgehead atoms. The van der Waals surface area contributed by atoms with Crippen LogP contribution in [0.1, 0.15) is 38.2 Å². The predicted molar refractivity (Wildman–Crippen MR) is 66.1 cm³/mol. The van der Waals surface area contributed by atoms with E-state index in [0.29, 0.717) is 0 Å². The summed E-state index contributed by atoms with van der Waals surface area (Å²) in [5.74, 6) is 2.15. The Bertz CT molecular complexity index is 455. The molecule has 18 heavy (non-hydrogen) atoms. The molecule has 0 fully saturated rings. The van der Waals surface area contributed by atoms with Crippen molar-refractivity contribution in [2.45, 2.75) is 39.4 Å². The van der Waals surface area contributed by atoms with Crippen LogP contribution in [0.4, 0.5) is 0 Å². The van der Waals surface area contributed by atoms with Crippen LogP contribution in [0.15, 0.2) is 12.4 Å². The molecule has 1 atom stereocenters. The fraction of sp³-hybridized carbons (Fsp3) is 0.462. The van der Waals surface area contributed by atoms with Crippen molar-refractivity contribution >= 4 is 5.97 Å². The van der Waals surface area contributed by atoms with Gasteiger partial charge >= 0.3 is 5.97 Å². The zero-order valence-electron chi connectivity index (χ0n) is 10.9. The van der Waals surface area contributed by atoms with Gasteiger partial charge in [0.15, 0.2) is 11.8 Å². The van der Waals surface area contributed by atoms with Gasteiger partial charge in [-0.2, -0.15) is 0 Å². The molecule has 1 aromatic heterocycles. The number of terminal acetylenes is 1. The lowest BCUT2D eigenvalue weighted by Crippen LogP contribution is -2.24. The van der Waals surface area contributed by atoms with Crippen LogP contribution >= 0.6 is 0 Å². The van der Waals surface area contributed by atoms with Gasteiger partial charge < -0.3 is 9.47 Å². The van der Waals surface area contributed by atoms with Gasteiger partial charge in [-0.25, -0.2) is 14.8 Å². The quantitative estimate of drug-likeness (QED) is 0.603. The lowest BCUT2D eigenvalue weighted by Gasteiger charge is -2.18. The van der Waals surface area contributed by atoms with Gasteiger partial charge in [-0.15, -0.1) is 6.42 Å². The molecule has 0 N–H and O–H groups in total. The van der Waals surface area contributed by atoms with Gasteiger partial charge in [0.25, 0.3) is 0 Å². The van der Waals surface area contributed by atoms with Gasteiger partial charge in [-0.1, -0.05) is 5.92 Å². The third kappa shape index (κ3) is 4.42. The number of nitrogens with zero attached hydrogens (tertiary/aromatic N) is 2. The average molecular weight is 248 g/mol. The third-order valence-electron chi connectivity index (χ3n) is 1.77. The first-order chi connectivity index (χ1) is 8.31. The van der Waals surface area contributed by atoms with Crippen LogP contribution in [0, 0.1) is 12.3 Å². The van der Waals surface area contributed by atoms with Crippen molar-refractivity contribution in [1.82, 2.24) is 9.97 Å². The van der Waals surface area contributed by atoms with Crippen LogP contribution in [-0.2, 0) is 4.74 Å². The molecule has 0 saturated carbocycles. The van der Waals surface area contributed by atoms with Crippen LogP contribution in [0.3, 0.4) is 0 Å². The molecule has 0 aliphatic rings. The minimum absolute atomic E-state index is 0.130.